The van der Waals surface area contributed by atoms with Crippen LogP contribution < -0.4 is 9.64 Å². The molecule has 0 spiro atoms. The van der Waals surface area contributed by atoms with E-state index in [1.54, 1.807) is 13.2 Å². The molecule has 0 heterocycles. The number of ether oxygens (including phenoxy) is 1. The molecule has 0 radical (unpaired) electrons. The molecule has 108 valence electrons. The van der Waals surface area contributed by atoms with Gasteiger partial charge in [0.15, 0.2) is 0 Å². The number of anilines is 1. The molecule has 2 aromatic rings. The Morgan fingerprint density at radius 2 is 2.00 bits per heavy atom. The van der Waals surface area contributed by atoms with Crippen LogP contribution in [0.4, 0.5) is 5.69 Å². The Morgan fingerprint density at radius 3 is 2.67 bits per heavy atom. The van der Waals surface area contributed by atoms with Crippen molar-refractivity contribution in [1.82, 2.24) is 0 Å². The van der Waals surface area contributed by atoms with Gasteiger partial charge in [-0.2, -0.15) is 5.26 Å². The lowest BCUT2D eigenvalue weighted by Gasteiger charge is -2.21. The molecule has 0 bridgehead atoms. The average molecular weight is 282 g/mol. The third kappa shape index (κ3) is 3.53. The summed E-state index contributed by atoms with van der Waals surface area (Å²) in [6, 6.07) is 15.4. The van der Waals surface area contributed by atoms with Gasteiger partial charge in [-0.15, -0.1) is 0 Å². The Bertz CT molecular complexity index is 662. The van der Waals surface area contributed by atoms with Gasteiger partial charge in [-0.25, -0.2) is 0 Å². The highest BCUT2D eigenvalue weighted by atomic mass is 16.5. The van der Waals surface area contributed by atoms with Crippen LogP contribution in [0.3, 0.4) is 0 Å². The maximum absolute atomic E-state index is 9.26. The topological polar surface area (TPSA) is 56.5 Å². The van der Waals surface area contributed by atoms with E-state index in [9.17, 15) is 5.26 Å². The van der Waals surface area contributed by atoms with Crippen molar-refractivity contribution >= 4 is 5.69 Å². The summed E-state index contributed by atoms with van der Waals surface area (Å²) in [5.41, 5.74) is 3.25. The zero-order valence-corrected chi connectivity index (χ0v) is 12.2. The number of hydrogen-bond acceptors (Lipinski definition) is 4. The summed E-state index contributed by atoms with van der Waals surface area (Å²) in [7, 11) is 3.58. The second kappa shape index (κ2) is 6.78. The fourth-order valence-electron chi connectivity index (χ4n) is 2.23. The van der Waals surface area contributed by atoms with Crippen molar-refractivity contribution in [3.05, 3.63) is 59.2 Å². The first-order valence-electron chi connectivity index (χ1n) is 6.66. The molecule has 0 fully saturated rings. The number of methoxy groups -OCH3 is 1. The van der Waals surface area contributed by atoms with E-state index in [1.807, 2.05) is 48.3 Å². The molecule has 0 aliphatic heterocycles. The van der Waals surface area contributed by atoms with Gasteiger partial charge >= 0.3 is 0 Å². The highest BCUT2D eigenvalue weighted by Crippen LogP contribution is 2.23. The van der Waals surface area contributed by atoms with Crippen molar-refractivity contribution in [2.24, 2.45) is 0 Å². The van der Waals surface area contributed by atoms with E-state index in [0.717, 1.165) is 22.6 Å². The molecule has 0 unspecified atom stereocenters. The fourth-order valence-corrected chi connectivity index (χ4v) is 2.23. The summed E-state index contributed by atoms with van der Waals surface area (Å²) in [5, 5.41) is 18.4. The molecule has 4 heteroatoms. The van der Waals surface area contributed by atoms with Crippen LogP contribution in [0.25, 0.3) is 0 Å². The first-order chi connectivity index (χ1) is 10.2. The van der Waals surface area contributed by atoms with Gasteiger partial charge in [-0.3, -0.25) is 0 Å². The van der Waals surface area contributed by atoms with E-state index in [0.29, 0.717) is 12.1 Å². The van der Waals surface area contributed by atoms with E-state index < -0.39 is 0 Å². The standard InChI is InChI=1S/C17H18N2O2/c1-19(11-13-4-3-5-16(9-13)21-2)17-7-6-14(12-20)8-15(17)10-18/h3-9,20H,11-12H2,1-2H3. The molecule has 21 heavy (non-hydrogen) atoms. The Morgan fingerprint density at radius 1 is 1.19 bits per heavy atom. The molecule has 0 aliphatic carbocycles. The third-order valence-corrected chi connectivity index (χ3v) is 3.33. The lowest BCUT2D eigenvalue weighted by atomic mass is 10.1. The summed E-state index contributed by atoms with van der Waals surface area (Å²) in [6.45, 7) is 0.610. The molecule has 0 saturated heterocycles. The summed E-state index contributed by atoms with van der Waals surface area (Å²) in [6.07, 6.45) is 0. The molecule has 2 rings (SSSR count). The van der Waals surface area contributed by atoms with Crippen LogP contribution >= 0.6 is 0 Å². The second-order valence-electron chi connectivity index (χ2n) is 4.83. The smallest absolute Gasteiger partial charge is 0.119 e. The molecular formula is C17H18N2O2. The monoisotopic (exact) mass is 282 g/mol. The molecule has 2 aromatic carbocycles. The molecular weight excluding hydrogens is 264 g/mol. The van der Waals surface area contributed by atoms with Gasteiger partial charge in [0.05, 0.1) is 25.0 Å². The largest absolute Gasteiger partial charge is 0.497 e. The van der Waals surface area contributed by atoms with E-state index in [1.165, 1.54) is 0 Å². The summed E-state index contributed by atoms with van der Waals surface area (Å²) in [5.74, 6) is 0.817. The highest BCUT2D eigenvalue weighted by molar-refractivity contribution is 5.60. The molecule has 0 amide bonds. The normalized spacial score (nSPS) is 10.0. The first kappa shape index (κ1) is 14.9. The van der Waals surface area contributed by atoms with Crippen LogP contribution in [-0.2, 0) is 13.2 Å². The zero-order valence-electron chi connectivity index (χ0n) is 12.2. The van der Waals surface area contributed by atoms with Gasteiger partial charge in [0.2, 0.25) is 0 Å². The van der Waals surface area contributed by atoms with E-state index in [2.05, 4.69) is 6.07 Å². The van der Waals surface area contributed by atoms with E-state index in [4.69, 9.17) is 9.84 Å². The molecule has 4 nitrogen and oxygen atoms in total. The summed E-state index contributed by atoms with van der Waals surface area (Å²) in [4.78, 5) is 2.01. The van der Waals surface area contributed by atoms with Crippen LogP contribution in [0, 0.1) is 11.3 Å². The Balaban J connectivity index is 2.23. The maximum Gasteiger partial charge on any atom is 0.119 e. The van der Waals surface area contributed by atoms with Gasteiger partial charge in [0.1, 0.15) is 11.8 Å². The Labute approximate surface area is 124 Å². The highest BCUT2D eigenvalue weighted by Gasteiger charge is 2.09. The lowest BCUT2D eigenvalue weighted by Crippen LogP contribution is -2.17. The number of hydrogen-bond donors (Lipinski definition) is 1. The molecule has 0 aromatic heterocycles. The van der Waals surface area contributed by atoms with Crippen molar-refractivity contribution in [1.29, 1.82) is 5.26 Å². The molecule has 0 saturated carbocycles. The van der Waals surface area contributed by atoms with Crippen molar-refractivity contribution in [3.63, 3.8) is 0 Å². The third-order valence-electron chi connectivity index (χ3n) is 3.33. The summed E-state index contributed by atoms with van der Waals surface area (Å²) < 4.78 is 5.22. The molecule has 0 aliphatic rings. The SMILES string of the molecule is COc1cccc(CN(C)c2ccc(CO)cc2C#N)c1. The van der Waals surface area contributed by atoms with Crippen LogP contribution in [0.2, 0.25) is 0 Å². The van der Waals surface area contributed by atoms with Crippen molar-refractivity contribution < 1.29 is 9.84 Å². The second-order valence-corrected chi connectivity index (χ2v) is 4.83. The van der Waals surface area contributed by atoms with Crippen LogP contribution in [0.15, 0.2) is 42.5 Å². The van der Waals surface area contributed by atoms with Crippen LogP contribution in [-0.4, -0.2) is 19.3 Å². The predicted octanol–water partition coefficient (Wildman–Crippen LogP) is 2.70. The summed E-state index contributed by atoms with van der Waals surface area (Å²) >= 11 is 0. The van der Waals surface area contributed by atoms with Gasteiger partial charge < -0.3 is 14.7 Å². The van der Waals surface area contributed by atoms with Crippen LogP contribution in [0.1, 0.15) is 16.7 Å². The first-order valence-corrected chi connectivity index (χ1v) is 6.66. The van der Waals surface area contributed by atoms with Crippen LogP contribution in [0.5, 0.6) is 5.75 Å². The number of rotatable bonds is 5. The van der Waals surface area contributed by atoms with Crippen molar-refractivity contribution in [3.8, 4) is 11.8 Å². The van der Waals surface area contributed by atoms with Gasteiger partial charge in [0.25, 0.3) is 0 Å². The van der Waals surface area contributed by atoms with Gasteiger partial charge in [-0.1, -0.05) is 18.2 Å². The Kier molecular flexibility index (Phi) is 4.81. The Hall–Kier alpha value is -2.51. The number of nitriles is 1. The fraction of sp³-hybridized carbons (Fsp3) is 0.235. The minimum Gasteiger partial charge on any atom is -0.497 e. The number of nitrogens with zero attached hydrogens (tertiary/aromatic N) is 2. The average Bonchev–Trinajstić information content (AvgIpc) is 2.54. The van der Waals surface area contributed by atoms with E-state index in [-0.39, 0.29) is 6.61 Å². The zero-order chi connectivity index (χ0) is 15.2. The lowest BCUT2D eigenvalue weighted by molar-refractivity contribution is 0.282. The molecule has 1 N–H and O–H groups in total. The minimum atomic E-state index is -0.0610. The van der Waals surface area contributed by atoms with Crippen molar-refractivity contribution in [2.75, 3.05) is 19.1 Å². The van der Waals surface area contributed by atoms with Gasteiger partial charge in [-0.05, 0) is 35.4 Å². The van der Waals surface area contributed by atoms with Gasteiger partial charge in [0, 0.05) is 13.6 Å². The van der Waals surface area contributed by atoms with E-state index >= 15 is 0 Å². The number of aliphatic hydroxyl groups excluding tert-OH is 1. The van der Waals surface area contributed by atoms with Crippen molar-refractivity contribution in [2.45, 2.75) is 13.2 Å². The maximum atomic E-state index is 9.26. The minimum absolute atomic E-state index is 0.0610. The number of benzene rings is 2. The molecule has 0 atom stereocenters. The predicted molar refractivity (Wildman–Crippen MR) is 82.2 cm³/mol. The quantitative estimate of drug-likeness (QED) is 0.916. The number of aliphatic hydroxyl groups is 1.